The summed E-state index contributed by atoms with van der Waals surface area (Å²) in [5.41, 5.74) is 1.36. The van der Waals surface area contributed by atoms with Crippen LogP contribution in [-0.2, 0) is 13.0 Å². The summed E-state index contributed by atoms with van der Waals surface area (Å²) >= 11 is 4.28. The first-order chi connectivity index (χ1) is 9.74. The number of nitrogens with one attached hydrogen (secondary N) is 1. The van der Waals surface area contributed by atoms with E-state index in [1.54, 1.807) is 0 Å². The van der Waals surface area contributed by atoms with E-state index in [9.17, 15) is 0 Å². The molecule has 114 valence electrons. The molecular formula is C15H27N3S2. The molecule has 0 bridgehead atoms. The van der Waals surface area contributed by atoms with Crippen molar-refractivity contribution in [2.45, 2.75) is 56.7 Å². The van der Waals surface area contributed by atoms with Gasteiger partial charge in [-0.15, -0.1) is 0 Å². The van der Waals surface area contributed by atoms with Gasteiger partial charge in [0.2, 0.25) is 0 Å². The van der Waals surface area contributed by atoms with Gasteiger partial charge in [0, 0.05) is 40.8 Å². The van der Waals surface area contributed by atoms with Crippen molar-refractivity contribution in [3.8, 4) is 0 Å². The fourth-order valence-corrected chi connectivity index (χ4v) is 5.63. The first kappa shape index (κ1) is 16.2. The minimum absolute atomic E-state index is 0.567. The zero-order valence-corrected chi connectivity index (χ0v) is 14.5. The first-order valence-corrected chi connectivity index (χ1v) is 9.82. The Labute approximate surface area is 131 Å². The Morgan fingerprint density at radius 2 is 2.20 bits per heavy atom. The Morgan fingerprint density at radius 1 is 1.40 bits per heavy atom. The predicted molar refractivity (Wildman–Crippen MR) is 91.9 cm³/mol. The molecule has 0 aromatic carbocycles. The molecular weight excluding hydrogens is 286 g/mol. The fourth-order valence-electron chi connectivity index (χ4n) is 2.66. The normalized spacial score (nSPS) is 24.8. The molecule has 1 aromatic rings. The second kappa shape index (κ2) is 8.35. The van der Waals surface area contributed by atoms with E-state index < -0.39 is 0 Å². The molecule has 1 aromatic heterocycles. The lowest BCUT2D eigenvalue weighted by molar-refractivity contribution is 0.486. The van der Waals surface area contributed by atoms with Gasteiger partial charge in [-0.25, -0.2) is 0 Å². The van der Waals surface area contributed by atoms with Crippen LogP contribution in [0, 0.1) is 0 Å². The van der Waals surface area contributed by atoms with Crippen molar-refractivity contribution in [3.63, 3.8) is 0 Å². The minimum atomic E-state index is 0.567. The molecule has 1 N–H and O–H groups in total. The molecule has 1 fully saturated rings. The van der Waals surface area contributed by atoms with Crippen LogP contribution >= 0.6 is 23.5 Å². The molecule has 0 saturated carbocycles. The number of nitrogens with zero attached hydrogens (tertiary/aromatic N) is 2. The largest absolute Gasteiger partial charge is 0.313 e. The summed E-state index contributed by atoms with van der Waals surface area (Å²) in [6, 6.07) is 0.567. The van der Waals surface area contributed by atoms with Crippen LogP contribution in [0.3, 0.4) is 0 Å². The van der Waals surface area contributed by atoms with E-state index in [-0.39, 0.29) is 0 Å². The summed E-state index contributed by atoms with van der Waals surface area (Å²) in [7, 11) is 0. The van der Waals surface area contributed by atoms with E-state index in [1.165, 1.54) is 23.5 Å². The second-order valence-electron chi connectivity index (χ2n) is 5.38. The molecule has 2 heterocycles. The maximum Gasteiger partial charge on any atom is 0.0522 e. The summed E-state index contributed by atoms with van der Waals surface area (Å²) in [5, 5.41) is 9.64. The van der Waals surface area contributed by atoms with Gasteiger partial charge < -0.3 is 5.32 Å². The number of aryl methyl sites for hydroxylation is 1. The summed E-state index contributed by atoms with van der Waals surface area (Å²) in [6.45, 7) is 8.83. The zero-order valence-electron chi connectivity index (χ0n) is 12.8. The SMILES string of the molecule is CCCNC(Cc1cnn(CC)c1)C1SCCSC1C. The summed E-state index contributed by atoms with van der Waals surface area (Å²) in [5.74, 6) is 2.59. The van der Waals surface area contributed by atoms with E-state index in [0.717, 1.165) is 24.8 Å². The molecule has 2 rings (SSSR count). The van der Waals surface area contributed by atoms with Crippen LogP contribution in [0.1, 0.15) is 32.8 Å². The van der Waals surface area contributed by atoms with Crippen LogP contribution in [-0.4, -0.2) is 44.4 Å². The van der Waals surface area contributed by atoms with Crippen LogP contribution in [0.25, 0.3) is 0 Å². The van der Waals surface area contributed by atoms with Crippen molar-refractivity contribution in [2.75, 3.05) is 18.1 Å². The van der Waals surface area contributed by atoms with Gasteiger partial charge in [0.15, 0.2) is 0 Å². The topological polar surface area (TPSA) is 29.9 Å². The second-order valence-corrected chi connectivity index (χ2v) is 8.15. The lowest BCUT2D eigenvalue weighted by atomic mass is 10.0. The first-order valence-electron chi connectivity index (χ1n) is 7.72. The van der Waals surface area contributed by atoms with Gasteiger partial charge in [-0.2, -0.15) is 28.6 Å². The van der Waals surface area contributed by atoms with Crippen molar-refractivity contribution in [3.05, 3.63) is 18.0 Å². The Bertz CT molecular complexity index is 394. The third-order valence-corrected chi connectivity index (χ3v) is 7.01. The predicted octanol–water partition coefficient (Wildman–Crippen LogP) is 3.05. The van der Waals surface area contributed by atoms with Crippen LogP contribution < -0.4 is 5.32 Å². The maximum atomic E-state index is 4.41. The quantitative estimate of drug-likeness (QED) is 0.838. The Kier molecular flexibility index (Phi) is 6.78. The number of thioether (sulfide) groups is 2. The highest BCUT2D eigenvalue weighted by molar-refractivity contribution is 8.07. The Hall–Kier alpha value is -0.130. The van der Waals surface area contributed by atoms with Crippen molar-refractivity contribution < 1.29 is 0 Å². The van der Waals surface area contributed by atoms with E-state index in [0.29, 0.717) is 11.3 Å². The molecule has 0 aliphatic carbocycles. The molecule has 0 amide bonds. The molecule has 1 aliphatic rings. The lowest BCUT2D eigenvalue weighted by Crippen LogP contribution is -2.46. The smallest absolute Gasteiger partial charge is 0.0522 e. The summed E-state index contributed by atoms with van der Waals surface area (Å²) in [4.78, 5) is 0. The molecule has 0 spiro atoms. The van der Waals surface area contributed by atoms with Gasteiger partial charge in [-0.3, -0.25) is 4.68 Å². The molecule has 3 atom stereocenters. The van der Waals surface area contributed by atoms with Gasteiger partial charge >= 0.3 is 0 Å². The van der Waals surface area contributed by atoms with Gasteiger partial charge in [-0.05, 0) is 31.9 Å². The van der Waals surface area contributed by atoms with Gasteiger partial charge in [0.25, 0.3) is 0 Å². The average molecular weight is 314 g/mol. The average Bonchev–Trinajstić information content (AvgIpc) is 2.92. The van der Waals surface area contributed by atoms with Crippen LogP contribution in [0.15, 0.2) is 12.4 Å². The van der Waals surface area contributed by atoms with Gasteiger partial charge in [-0.1, -0.05) is 13.8 Å². The van der Waals surface area contributed by atoms with E-state index >= 15 is 0 Å². The van der Waals surface area contributed by atoms with Crippen LogP contribution in [0.2, 0.25) is 0 Å². The fraction of sp³-hybridized carbons (Fsp3) is 0.800. The van der Waals surface area contributed by atoms with Crippen molar-refractivity contribution in [2.24, 2.45) is 0 Å². The zero-order chi connectivity index (χ0) is 14.4. The maximum absolute atomic E-state index is 4.41. The third kappa shape index (κ3) is 4.43. The monoisotopic (exact) mass is 313 g/mol. The number of hydrogen-bond acceptors (Lipinski definition) is 4. The molecule has 5 heteroatoms. The highest BCUT2D eigenvalue weighted by Gasteiger charge is 2.30. The van der Waals surface area contributed by atoms with E-state index in [2.05, 4.69) is 60.9 Å². The third-order valence-electron chi connectivity index (χ3n) is 3.76. The van der Waals surface area contributed by atoms with Gasteiger partial charge in [0.05, 0.1) is 6.20 Å². The highest BCUT2D eigenvalue weighted by Crippen LogP contribution is 2.34. The standard InChI is InChI=1S/C15H27N3S2/c1-4-6-16-14(15-12(3)19-7-8-20-15)9-13-10-17-18(5-2)11-13/h10-12,14-16H,4-9H2,1-3H3. The van der Waals surface area contributed by atoms with Crippen molar-refractivity contribution in [1.82, 2.24) is 15.1 Å². The molecule has 1 saturated heterocycles. The minimum Gasteiger partial charge on any atom is -0.313 e. The lowest BCUT2D eigenvalue weighted by Gasteiger charge is -2.35. The highest BCUT2D eigenvalue weighted by atomic mass is 32.2. The molecule has 0 radical (unpaired) electrons. The van der Waals surface area contributed by atoms with Crippen LogP contribution in [0.5, 0.6) is 0 Å². The molecule has 20 heavy (non-hydrogen) atoms. The summed E-state index contributed by atoms with van der Waals surface area (Å²) in [6.07, 6.45) is 6.54. The van der Waals surface area contributed by atoms with Crippen molar-refractivity contribution >= 4 is 23.5 Å². The van der Waals surface area contributed by atoms with E-state index in [4.69, 9.17) is 0 Å². The van der Waals surface area contributed by atoms with E-state index in [1.807, 2.05) is 10.9 Å². The Balaban J connectivity index is 2.01. The Morgan fingerprint density at radius 3 is 2.85 bits per heavy atom. The molecule has 3 nitrogen and oxygen atoms in total. The molecule has 3 unspecified atom stereocenters. The number of rotatable bonds is 7. The summed E-state index contributed by atoms with van der Waals surface area (Å²) < 4.78 is 2.03. The number of aromatic nitrogens is 2. The van der Waals surface area contributed by atoms with Crippen LogP contribution in [0.4, 0.5) is 0 Å². The molecule has 1 aliphatic heterocycles. The number of hydrogen-bond donors (Lipinski definition) is 1. The van der Waals surface area contributed by atoms with Crippen molar-refractivity contribution in [1.29, 1.82) is 0 Å². The van der Waals surface area contributed by atoms with Gasteiger partial charge in [0.1, 0.15) is 0 Å².